The molecule has 0 radical (unpaired) electrons. The molecular formula is C16H19N3O2. The molecular weight excluding hydrogens is 266 g/mol. The van der Waals surface area contributed by atoms with Crippen LogP contribution in [-0.2, 0) is 4.74 Å². The summed E-state index contributed by atoms with van der Waals surface area (Å²) in [5.41, 5.74) is 8.61. The molecule has 0 fully saturated rings. The average Bonchev–Trinajstić information content (AvgIpc) is 2.50. The van der Waals surface area contributed by atoms with Gasteiger partial charge < -0.3 is 15.8 Å². The van der Waals surface area contributed by atoms with Crippen molar-refractivity contribution in [2.24, 2.45) is 0 Å². The van der Waals surface area contributed by atoms with Crippen molar-refractivity contribution in [2.45, 2.75) is 19.9 Å². The Morgan fingerprint density at radius 3 is 2.71 bits per heavy atom. The van der Waals surface area contributed by atoms with E-state index in [1.54, 1.807) is 37.5 Å². The van der Waals surface area contributed by atoms with Crippen molar-refractivity contribution in [3.8, 4) is 0 Å². The molecule has 1 aromatic carbocycles. The van der Waals surface area contributed by atoms with Gasteiger partial charge in [-0.25, -0.2) is 4.79 Å². The molecule has 110 valence electrons. The predicted octanol–water partition coefficient (Wildman–Crippen LogP) is 3.01. The number of pyridine rings is 1. The fourth-order valence-electron chi connectivity index (χ4n) is 2.06. The van der Waals surface area contributed by atoms with Crippen LogP contribution < -0.4 is 11.1 Å². The molecule has 0 aliphatic carbocycles. The summed E-state index contributed by atoms with van der Waals surface area (Å²) >= 11 is 0. The molecule has 21 heavy (non-hydrogen) atoms. The number of hydrogen-bond donors (Lipinski definition) is 2. The highest BCUT2D eigenvalue weighted by atomic mass is 16.5. The average molecular weight is 285 g/mol. The van der Waals surface area contributed by atoms with Crippen LogP contribution in [0.2, 0.25) is 0 Å². The highest BCUT2D eigenvalue weighted by Crippen LogP contribution is 2.28. The molecule has 0 saturated carbocycles. The van der Waals surface area contributed by atoms with Gasteiger partial charge in [-0.3, -0.25) is 4.98 Å². The van der Waals surface area contributed by atoms with Crippen LogP contribution in [0.25, 0.3) is 0 Å². The molecule has 5 nitrogen and oxygen atoms in total. The first-order valence-corrected chi connectivity index (χ1v) is 6.85. The Hall–Kier alpha value is -2.56. The monoisotopic (exact) mass is 285 g/mol. The summed E-state index contributed by atoms with van der Waals surface area (Å²) in [6, 6.07) is 9.03. The van der Waals surface area contributed by atoms with Gasteiger partial charge in [-0.1, -0.05) is 6.07 Å². The van der Waals surface area contributed by atoms with E-state index in [1.807, 2.05) is 19.1 Å². The number of nitrogens with two attached hydrogens (primary N) is 1. The Balaban J connectivity index is 2.29. The molecule has 0 aliphatic rings. The van der Waals surface area contributed by atoms with Gasteiger partial charge >= 0.3 is 5.97 Å². The second-order valence-electron chi connectivity index (χ2n) is 4.64. The molecule has 2 rings (SSSR count). The molecule has 0 amide bonds. The van der Waals surface area contributed by atoms with E-state index in [0.717, 1.165) is 5.56 Å². The molecule has 1 aromatic heterocycles. The molecule has 5 heteroatoms. The third-order valence-electron chi connectivity index (χ3n) is 3.16. The molecule has 1 atom stereocenters. The Kier molecular flexibility index (Phi) is 4.77. The number of nitrogens with zero attached hydrogens (tertiary/aromatic N) is 1. The normalized spacial score (nSPS) is 11.7. The smallest absolute Gasteiger partial charge is 0.340 e. The minimum absolute atomic E-state index is 0.00845. The lowest BCUT2D eigenvalue weighted by Crippen LogP contribution is -2.14. The van der Waals surface area contributed by atoms with E-state index in [-0.39, 0.29) is 12.0 Å². The molecule has 3 N–H and O–H groups in total. The van der Waals surface area contributed by atoms with E-state index in [1.165, 1.54) is 0 Å². The zero-order chi connectivity index (χ0) is 15.2. The van der Waals surface area contributed by atoms with E-state index in [4.69, 9.17) is 10.5 Å². The van der Waals surface area contributed by atoms with Crippen LogP contribution in [0.4, 0.5) is 11.4 Å². The lowest BCUT2D eigenvalue weighted by Gasteiger charge is -2.19. The van der Waals surface area contributed by atoms with Crippen LogP contribution in [0.3, 0.4) is 0 Å². The molecule has 1 unspecified atom stereocenters. The summed E-state index contributed by atoms with van der Waals surface area (Å²) in [5.74, 6) is -0.380. The fraction of sp³-hybridized carbons (Fsp3) is 0.250. The van der Waals surface area contributed by atoms with E-state index in [9.17, 15) is 4.79 Å². The number of nitrogen functional groups attached to an aromatic ring is 1. The van der Waals surface area contributed by atoms with Crippen LogP contribution in [0.5, 0.6) is 0 Å². The quantitative estimate of drug-likeness (QED) is 0.652. The number of rotatable bonds is 5. The van der Waals surface area contributed by atoms with Gasteiger partial charge in [0.1, 0.15) is 0 Å². The third-order valence-corrected chi connectivity index (χ3v) is 3.16. The maximum Gasteiger partial charge on any atom is 0.340 e. The van der Waals surface area contributed by atoms with Crippen LogP contribution in [-0.4, -0.2) is 17.6 Å². The standard InChI is InChI=1S/C16H19N3O2/c1-3-21-16(20)13-5-4-6-14(17)15(13)19-11(2)12-7-9-18-10-8-12/h4-11,19H,3,17H2,1-2H3. The Bertz CT molecular complexity index is 614. The van der Waals surface area contributed by atoms with Gasteiger partial charge in [0, 0.05) is 18.4 Å². The van der Waals surface area contributed by atoms with Crippen molar-refractivity contribution >= 4 is 17.3 Å². The van der Waals surface area contributed by atoms with Crippen LogP contribution in [0, 0.1) is 0 Å². The first kappa shape index (κ1) is 14.8. The number of ether oxygens (including phenoxy) is 1. The van der Waals surface area contributed by atoms with Gasteiger partial charge in [-0.2, -0.15) is 0 Å². The number of carbonyl (C=O) groups excluding carboxylic acids is 1. The molecule has 0 aliphatic heterocycles. The molecule has 0 saturated heterocycles. The number of anilines is 2. The van der Waals surface area contributed by atoms with Crippen molar-refractivity contribution in [2.75, 3.05) is 17.7 Å². The number of carbonyl (C=O) groups is 1. The van der Waals surface area contributed by atoms with E-state index in [2.05, 4.69) is 10.3 Å². The zero-order valence-corrected chi connectivity index (χ0v) is 12.2. The molecule has 0 bridgehead atoms. The lowest BCUT2D eigenvalue weighted by molar-refractivity contribution is 0.0527. The number of para-hydroxylation sites is 1. The van der Waals surface area contributed by atoms with Crippen LogP contribution in [0.15, 0.2) is 42.7 Å². The first-order chi connectivity index (χ1) is 10.1. The highest BCUT2D eigenvalue weighted by molar-refractivity contribution is 5.98. The number of esters is 1. The second-order valence-corrected chi connectivity index (χ2v) is 4.64. The largest absolute Gasteiger partial charge is 0.462 e. The number of hydrogen-bond acceptors (Lipinski definition) is 5. The van der Waals surface area contributed by atoms with Crippen molar-refractivity contribution < 1.29 is 9.53 Å². The second kappa shape index (κ2) is 6.74. The van der Waals surface area contributed by atoms with Gasteiger partial charge in [0.25, 0.3) is 0 Å². The van der Waals surface area contributed by atoms with Gasteiger partial charge in [0.05, 0.1) is 23.5 Å². The van der Waals surface area contributed by atoms with Crippen LogP contribution >= 0.6 is 0 Å². The van der Waals surface area contributed by atoms with Crippen molar-refractivity contribution in [1.82, 2.24) is 4.98 Å². The van der Waals surface area contributed by atoms with Gasteiger partial charge in [0.15, 0.2) is 0 Å². The molecule has 0 spiro atoms. The van der Waals surface area contributed by atoms with E-state index >= 15 is 0 Å². The predicted molar refractivity (Wildman–Crippen MR) is 83.1 cm³/mol. The lowest BCUT2D eigenvalue weighted by atomic mass is 10.1. The fourth-order valence-corrected chi connectivity index (χ4v) is 2.06. The number of nitrogens with one attached hydrogen (secondary N) is 1. The first-order valence-electron chi connectivity index (χ1n) is 6.85. The maximum atomic E-state index is 12.0. The van der Waals surface area contributed by atoms with E-state index < -0.39 is 0 Å². The summed E-state index contributed by atoms with van der Waals surface area (Å²) < 4.78 is 5.07. The molecule has 2 aromatic rings. The zero-order valence-electron chi connectivity index (χ0n) is 12.2. The summed E-state index contributed by atoms with van der Waals surface area (Å²) in [6.07, 6.45) is 3.46. The maximum absolute atomic E-state index is 12.0. The number of aromatic nitrogens is 1. The minimum atomic E-state index is -0.380. The van der Waals surface area contributed by atoms with Crippen molar-refractivity contribution in [3.05, 3.63) is 53.9 Å². The summed E-state index contributed by atoms with van der Waals surface area (Å²) in [7, 11) is 0. The topological polar surface area (TPSA) is 77.2 Å². The summed E-state index contributed by atoms with van der Waals surface area (Å²) in [4.78, 5) is 16.0. The van der Waals surface area contributed by atoms with Crippen molar-refractivity contribution in [1.29, 1.82) is 0 Å². The molecule has 1 heterocycles. The van der Waals surface area contributed by atoms with Gasteiger partial charge in [0.2, 0.25) is 0 Å². The Morgan fingerprint density at radius 1 is 1.33 bits per heavy atom. The Labute approximate surface area is 124 Å². The summed E-state index contributed by atoms with van der Waals surface area (Å²) in [6.45, 7) is 4.10. The van der Waals surface area contributed by atoms with Gasteiger partial charge in [-0.05, 0) is 43.7 Å². The third kappa shape index (κ3) is 3.51. The SMILES string of the molecule is CCOC(=O)c1cccc(N)c1NC(C)c1ccncc1. The van der Waals surface area contributed by atoms with Crippen LogP contribution in [0.1, 0.15) is 35.8 Å². The summed E-state index contributed by atoms with van der Waals surface area (Å²) in [5, 5.41) is 3.28. The minimum Gasteiger partial charge on any atom is -0.462 e. The van der Waals surface area contributed by atoms with Crippen molar-refractivity contribution in [3.63, 3.8) is 0 Å². The van der Waals surface area contributed by atoms with Gasteiger partial charge in [-0.15, -0.1) is 0 Å². The highest BCUT2D eigenvalue weighted by Gasteiger charge is 2.17. The van der Waals surface area contributed by atoms with E-state index in [0.29, 0.717) is 23.5 Å². The number of benzene rings is 1. The Morgan fingerprint density at radius 2 is 2.05 bits per heavy atom.